The van der Waals surface area contributed by atoms with Crippen LogP contribution < -0.4 is 4.74 Å². The van der Waals surface area contributed by atoms with Crippen molar-refractivity contribution in [3.05, 3.63) is 41.7 Å². The van der Waals surface area contributed by atoms with Crippen molar-refractivity contribution in [1.82, 2.24) is 9.78 Å². The molecule has 1 aromatic heterocycles. The predicted octanol–water partition coefficient (Wildman–Crippen LogP) is 3.06. The van der Waals surface area contributed by atoms with E-state index in [4.69, 9.17) is 9.84 Å². The fraction of sp³-hybridized carbons (Fsp3) is 0.333. The van der Waals surface area contributed by atoms with Crippen molar-refractivity contribution in [2.24, 2.45) is 0 Å². The number of ether oxygens (including phenoxy) is 1. The van der Waals surface area contributed by atoms with Crippen LogP contribution in [0.1, 0.15) is 36.8 Å². The highest BCUT2D eigenvalue weighted by Gasteiger charge is 2.15. The zero-order chi connectivity index (χ0) is 14.9. The highest BCUT2D eigenvalue weighted by molar-refractivity contribution is 5.88. The molecule has 0 amide bonds. The fourth-order valence-corrected chi connectivity index (χ4v) is 1.89. The maximum atomic E-state index is 11.0. The molecule has 20 heavy (non-hydrogen) atoms. The fourth-order valence-electron chi connectivity index (χ4n) is 1.89. The van der Waals surface area contributed by atoms with E-state index in [0.29, 0.717) is 5.69 Å². The normalized spacial score (nSPS) is 11.4. The van der Waals surface area contributed by atoms with Crippen molar-refractivity contribution in [2.75, 3.05) is 0 Å². The smallest absolute Gasteiger partial charge is 0.339 e. The summed E-state index contributed by atoms with van der Waals surface area (Å²) in [5.41, 5.74) is 1.36. The SMILES string of the molecule is Cc1c(C(=O)O)cnn1-c1ccc(OC(C)(C)C)cc1. The van der Waals surface area contributed by atoms with E-state index in [1.54, 1.807) is 11.6 Å². The topological polar surface area (TPSA) is 64.3 Å². The van der Waals surface area contributed by atoms with Crippen LogP contribution in [0.3, 0.4) is 0 Å². The van der Waals surface area contributed by atoms with Crippen LogP contribution in [0.5, 0.6) is 5.75 Å². The molecule has 0 unspecified atom stereocenters. The van der Waals surface area contributed by atoms with E-state index in [-0.39, 0.29) is 11.2 Å². The van der Waals surface area contributed by atoms with Crippen molar-refractivity contribution >= 4 is 5.97 Å². The Bertz CT molecular complexity index is 622. The van der Waals surface area contributed by atoms with Crippen LogP contribution in [0.4, 0.5) is 0 Å². The Labute approximate surface area is 117 Å². The third kappa shape index (κ3) is 2.99. The van der Waals surface area contributed by atoms with E-state index >= 15 is 0 Å². The van der Waals surface area contributed by atoms with Crippen LogP contribution in [-0.2, 0) is 0 Å². The van der Waals surface area contributed by atoms with Crippen molar-refractivity contribution in [1.29, 1.82) is 0 Å². The van der Waals surface area contributed by atoms with Gasteiger partial charge >= 0.3 is 5.97 Å². The molecule has 0 fully saturated rings. The first-order chi connectivity index (χ1) is 9.28. The molecule has 106 valence electrons. The maximum Gasteiger partial charge on any atom is 0.339 e. The van der Waals surface area contributed by atoms with Gasteiger partial charge in [-0.3, -0.25) is 0 Å². The number of aromatic carboxylic acids is 1. The summed E-state index contributed by atoms with van der Waals surface area (Å²) < 4.78 is 7.34. The van der Waals surface area contributed by atoms with Gasteiger partial charge in [-0.05, 0) is 52.0 Å². The Kier molecular flexibility index (Phi) is 3.53. The van der Waals surface area contributed by atoms with Gasteiger partial charge in [-0.2, -0.15) is 5.10 Å². The highest BCUT2D eigenvalue weighted by Crippen LogP contribution is 2.21. The molecule has 0 bridgehead atoms. The summed E-state index contributed by atoms with van der Waals surface area (Å²) in [6, 6.07) is 7.41. The second kappa shape index (κ2) is 5.00. The number of nitrogens with zero attached hydrogens (tertiary/aromatic N) is 2. The lowest BCUT2D eigenvalue weighted by atomic mass is 10.2. The van der Waals surface area contributed by atoms with E-state index < -0.39 is 5.97 Å². The van der Waals surface area contributed by atoms with E-state index in [1.165, 1.54) is 6.20 Å². The van der Waals surface area contributed by atoms with E-state index in [2.05, 4.69) is 5.10 Å². The molecule has 0 saturated carbocycles. The monoisotopic (exact) mass is 274 g/mol. The molecule has 0 atom stereocenters. The second-order valence-electron chi connectivity index (χ2n) is 5.57. The molecule has 1 aromatic carbocycles. The molecule has 2 aromatic rings. The first-order valence-corrected chi connectivity index (χ1v) is 6.35. The number of benzene rings is 1. The maximum absolute atomic E-state index is 11.0. The van der Waals surface area contributed by atoms with Crippen LogP contribution in [0.2, 0.25) is 0 Å². The molecular weight excluding hydrogens is 256 g/mol. The van der Waals surface area contributed by atoms with Crippen LogP contribution in [0.25, 0.3) is 5.69 Å². The minimum atomic E-state index is -0.971. The van der Waals surface area contributed by atoms with Gasteiger partial charge in [0.05, 0.1) is 17.6 Å². The average molecular weight is 274 g/mol. The molecule has 0 aliphatic carbocycles. The number of hydrogen-bond donors (Lipinski definition) is 1. The van der Waals surface area contributed by atoms with E-state index in [9.17, 15) is 4.79 Å². The standard InChI is InChI=1S/C15H18N2O3/c1-10-13(14(18)19)9-16-17(10)11-5-7-12(8-6-11)20-15(2,3)4/h5-9H,1-4H3,(H,18,19). The molecule has 5 heteroatoms. The predicted molar refractivity (Wildman–Crippen MR) is 75.6 cm³/mol. The van der Waals surface area contributed by atoms with Crippen LogP contribution >= 0.6 is 0 Å². The van der Waals surface area contributed by atoms with Gasteiger partial charge in [-0.1, -0.05) is 0 Å². The molecule has 5 nitrogen and oxygen atoms in total. The number of aromatic nitrogens is 2. The summed E-state index contributed by atoms with van der Waals surface area (Å²) in [5, 5.41) is 13.1. The Morgan fingerprint density at radius 3 is 2.30 bits per heavy atom. The van der Waals surface area contributed by atoms with Crippen molar-refractivity contribution < 1.29 is 14.6 Å². The summed E-state index contributed by atoms with van der Waals surface area (Å²) in [4.78, 5) is 11.0. The first-order valence-electron chi connectivity index (χ1n) is 6.35. The number of carbonyl (C=O) groups is 1. The zero-order valence-corrected chi connectivity index (χ0v) is 12.0. The number of carboxylic acid groups (broad SMARTS) is 1. The van der Waals surface area contributed by atoms with E-state index in [0.717, 1.165) is 11.4 Å². The van der Waals surface area contributed by atoms with Crippen LogP contribution in [-0.4, -0.2) is 26.5 Å². The lowest BCUT2D eigenvalue weighted by Crippen LogP contribution is -2.22. The van der Waals surface area contributed by atoms with Gasteiger partial charge in [0.25, 0.3) is 0 Å². The molecule has 2 rings (SSSR count). The summed E-state index contributed by atoms with van der Waals surface area (Å²) in [6.07, 6.45) is 1.36. The summed E-state index contributed by atoms with van der Waals surface area (Å²) in [7, 11) is 0. The number of rotatable bonds is 3. The molecule has 1 N–H and O–H groups in total. The van der Waals surface area contributed by atoms with Gasteiger partial charge < -0.3 is 9.84 Å². The highest BCUT2D eigenvalue weighted by atomic mass is 16.5. The Morgan fingerprint density at radius 1 is 1.25 bits per heavy atom. The van der Waals surface area contributed by atoms with Gasteiger partial charge in [0, 0.05) is 0 Å². The number of carboxylic acids is 1. The molecule has 0 aliphatic rings. The molecule has 0 aliphatic heterocycles. The Balaban J connectivity index is 2.29. The van der Waals surface area contributed by atoms with Crippen LogP contribution in [0.15, 0.2) is 30.5 Å². The van der Waals surface area contributed by atoms with Crippen molar-refractivity contribution in [3.63, 3.8) is 0 Å². The largest absolute Gasteiger partial charge is 0.488 e. The second-order valence-corrected chi connectivity index (χ2v) is 5.57. The zero-order valence-electron chi connectivity index (χ0n) is 12.0. The third-order valence-electron chi connectivity index (χ3n) is 2.75. The lowest BCUT2D eigenvalue weighted by Gasteiger charge is -2.21. The minimum Gasteiger partial charge on any atom is -0.488 e. The summed E-state index contributed by atoms with van der Waals surface area (Å²) >= 11 is 0. The van der Waals surface area contributed by atoms with Crippen molar-refractivity contribution in [2.45, 2.75) is 33.3 Å². The molecule has 0 spiro atoms. The van der Waals surface area contributed by atoms with Gasteiger partial charge in [-0.15, -0.1) is 0 Å². The van der Waals surface area contributed by atoms with Gasteiger partial charge in [0.2, 0.25) is 0 Å². The summed E-state index contributed by atoms with van der Waals surface area (Å²) in [5.74, 6) is -0.203. The number of hydrogen-bond acceptors (Lipinski definition) is 3. The molecule has 0 saturated heterocycles. The third-order valence-corrected chi connectivity index (χ3v) is 2.75. The van der Waals surface area contributed by atoms with Crippen LogP contribution in [0, 0.1) is 6.92 Å². The molecular formula is C15H18N2O3. The van der Waals surface area contributed by atoms with E-state index in [1.807, 2.05) is 45.0 Å². The molecule has 1 heterocycles. The van der Waals surface area contributed by atoms with Crippen molar-refractivity contribution in [3.8, 4) is 11.4 Å². The van der Waals surface area contributed by atoms with Gasteiger partial charge in [-0.25, -0.2) is 9.48 Å². The lowest BCUT2D eigenvalue weighted by molar-refractivity contribution is 0.0696. The van der Waals surface area contributed by atoms with Gasteiger partial charge in [0.15, 0.2) is 0 Å². The molecule has 0 radical (unpaired) electrons. The Morgan fingerprint density at radius 2 is 1.85 bits per heavy atom. The Hall–Kier alpha value is -2.30. The minimum absolute atomic E-state index is 0.208. The average Bonchev–Trinajstić information content (AvgIpc) is 2.70. The quantitative estimate of drug-likeness (QED) is 0.934. The summed E-state index contributed by atoms with van der Waals surface area (Å²) in [6.45, 7) is 7.68. The first kappa shape index (κ1) is 14.1. The van der Waals surface area contributed by atoms with Gasteiger partial charge in [0.1, 0.15) is 16.9 Å².